The Morgan fingerprint density at radius 3 is 2.81 bits per heavy atom. The average Bonchev–Trinajstić information content (AvgIpc) is 3.29. The Hall–Kier alpha value is -2.60. The van der Waals surface area contributed by atoms with Crippen LogP contribution in [-0.2, 0) is 11.2 Å². The van der Waals surface area contributed by atoms with E-state index in [-0.39, 0.29) is 17.0 Å². The van der Waals surface area contributed by atoms with Gasteiger partial charge in [0.2, 0.25) is 5.91 Å². The fourth-order valence-electron chi connectivity index (χ4n) is 3.05. The summed E-state index contributed by atoms with van der Waals surface area (Å²) in [4.78, 5) is 18.9. The summed E-state index contributed by atoms with van der Waals surface area (Å²) < 4.78 is 18.8. The van der Waals surface area contributed by atoms with Crippen molar-refractivity contribution in [3.63, 3.8) is 0 Å². The highest BCUT2D eigenvalue weighted by Crippen LogP contribution is 2.32. The van der Waals surface area contributed by atoms with Gasteiger partial charge in [0, 0.05) is 17.8 Å². The summed E-state index contributed by atoms with van der Waals surface area (Å²) in [5, 5.41) is 0.110. The lowest BCUT2D eigenvalue weighted by Gasteiger charge is -2.20. The molecule has 1 aliphatic heterocycles. The van der Waals surface area contributed by atoms with Crippen LogP contribution >= 0.6 is 11.8 Å². The van der Waals surface area contributed by atoms with E-state index < -0.39 is 0 Å². The van der Waals surface area contributed by atoms with Crippen LogP contribution in [0.1, 0.15) is 12.5 Å². The van der Waals surface area contributed by atoms with E-state index in [1.165, 1.54) is 29.5 Å². The molecule has 1 aromatic heterocycles. The van der Waals surface area contributed by atoms with Gasteiger partial charge in [-0.05, 0) is 49.2 Å². The number of fused-ring (bicyclic) bond motifs is 1. The highest BCUT2D eigenvalue weighted by Gasteiger charge is 2.29. The molecule has 4 rings (SSSR count). The molecule has 1 atom stereocenters. The number of benzene rings is 2. The average molecular weight is 368 g/mol. The van der Waals surface area contributed by atoms with Gasteiger partial charge in [0.05, 0.1) is 11.4 Å². The zero-order valence-electron chi connectivity index (χ0n) is 14.2. The topological polar surface area (TPSA) is 46.3 Å². The molecule has 0 spiro atoms. The third kappa shape index (κ3) is 3.24. The summed E-state index contributed by atoms with van der Waals surface area (Å²) >= 11 is 1.29. The lowest BCUT2D eigenvalue weighted by atomic mass is 10.2. The van der Waals surface area contributed by atoms with Crippen molar-refractivity contribution in [2.24, 2.45) is 0 Å². The first-order valence-electron chi connectivity index (χ1n) is 8.39. The number of anilines is 1. The van der Waals surface area contributed by atoms with Gasteiger partial charge in [-0.2, -0.15) is 0 Å². The molecule has 2 heterocycles. The molecule has 0 radical (unpaired) electrons. The Balaban J connectivity index is 1.46. The molecule has 3 aromatic rings. The number of amides is 1. The minimum absolute atomic E-state index is 0.0430. The van der Waals surface area contributed by atoms with Crippen LogP contribution in [-0.4, -0.2) is 22.7 Å². The number of para-hydroxylation sites is 1. The van der Waals surface area contributed by atoms with Crippen molar-refractivity contribution in [1.82, 2.24) is 4.98 Å². The normalized spacial score (nSPS) is 14.3. The molecule has 0 saturated heterocycles. The highest BCUT2D eigenvalue weighted by atomic mass is 32.2. The third-order valence-corrected chi connectivity index (χ3v) is 5.34. The maximum atomic E-state index is 13.0. The SMILES string of the molecule is C[C@@H](Sc1ncc(-c2ccc(F)cc2)o1)C(=O)N1CCc2ccccc21. The predicted molar refractivity (Wildman–Crippen MR) is 99.7 cm³/mol. The van der Waals surface area contributed by atoms with Crippen molar-refractivity contribution in [3.8, 4) is 11.3 Å². The second-order valence-corrected chi connectivity index (χ2v) is 7.42. The van der Waals surface area contributed by atoms with Crippen molar-refractivity contribution in [2.45, 2.75) is 23.8 Å². The van der Waals surface area contributed by atoms with Crippen molar-refractivity contribution < 1.29 is 13.6 Å². The third-order valence-electron chi connectivity index (χ3n) is 4.39. The molecule has 4 nitrogen and oxygen atoms in total. The van der Waals surface area contributed by atoms with Gasteiger partial charge in [0.25, 0.3) is 5.22 Å². The van der Waals surface area contributed by atoms with E-state index in [1.54, 1.807) is 18.3 Å². The number of rotatable bonds is 4. The van der Waals surface area contributed by atoms with Crippen LogP contribution in [0.2, 0.25) is 0 Å². The van der Waals surface area contributed by atoms with E-state index in [0.29, 0.717) is 17.5 Å². The van der Waals surface area contributed by atoms with Crippen molar-refractivity contribution >= 4 is 23.4 Å². The summed E-state index contributed by atoms with van der Waals surface area (Å²) in [6, 6.07) is 14.0. The van der Waals surface area contributed by atoms with Gasteiger partial charge in [-0.25, -0.2) is 9.37 Å². The first-order valence-corrected chi connectivity index (χ1v) is 9.27. The molecule has 0 fully saturated rings. The zero-order chi connectivity index (χ0) is 18.1. The van der Waals surface area contributed by atoms with Crippen LogP contribution in [0.3, 0.4) is 0 Å². The summed E-state index contributed by atoms with van der Waals surface area (Å²) in [5.41, 5.74) is 2.94. The molecule has 0 bridgehead atoms. The summed E-state index contributed by atoms with van der Waals surface area (Å²) in [5.74, 6) is 0.299. The van der Waals surface area contributed by atoms with Gasteiger partial charge in [0.15, 0.2) is 5.76 Å². The molecule has 2 aromatic carbocycles. The Kier molecular flexibility index (Phi) is 4.51. The molecule has 0 unspecified atom stereocenters. The Morgan fingerprint density at radius 2 is 2.00 bits per heavy atom. The second kappa shape index (κ2) is 6.96. The number of hydrogen-bond donors (Lipinski definition) is 0. The lowest BCUT2D eigenvalue weighted by molar-refractivity contribution is -0.117. The zero-order valence-corrected chi connectivity index (χ0v) is 15.0. The monoisotopic (exact) mass is 368 g/mol. The Labute approximate surface area is 155 Å². The number of halogens is 1. The second-order valence-electron chi connectivity index (χ2n) is 6.13. The summed E-state index contributed by atoms with van der Waals surface area (Å²) in [6.45, 7) is 2.56. The number of thioether (sulfide) groups is 1. The van der Waals surface area contributed by atoms with Crippen molar-refractivity contribution in [2.75, 3.05) is 11.4 Å². The highest BCUT2D eigenvalue weighted by molar-refractivity contribution is 8.00. The maximum absolute atomic E-state index is 13.0. The molecule has 1 aliphatic rings. The smallest absolute Gasteiger partial charge is 0.256 e. The van der Waals surface area contributed by atoms with Gasteiger partial charge in [0.1, 0.15) is 5.82 Å². The van der Waals surface area contributed by atoms with E-state index in [2.05, 4.69) is 11.1 Å². The fourth-order valence-corrected chi connectivity index (χ4v) is 3.83. The number of aromatic nitrogens is 1. The lowest BCUT2D eigenvalue weighted by Crippen LogP contribution is -2.35. The number of nitrogens with zero attached hydrogens (tertiary/aromatic N) is 2. The van der Waals surface area contributed by atoms with Crippen LogP contribution in [0.5, 0.6) is 0 Å². The first-order chi connectivity index (χ1) is 12.6. The molecule has 1 amide bonds. The molecule has 0 saturated carbocycles. The Morgan fingerprint density at radius 1 is 1.23 bits per heavy atom. The Bertz CT molecular complexity index is 939. The summed E-state index contributed by atoms with van der Waals surface area (Å²) in [6.07, 6.45) is 2.48. The van der Waals surface area contributed by atoms with E-state index in [4.69, 9.17) is 4.42 Å². The maximum Gasteiger partial charge on any atom is 0.256 e. The molecule has 132 valence electrons. The number of hydrogen-bond acceptors (Lipinski definition) is 4. The number of oxazole rings is 1. The molecule has 6 heteroatoms. The summed E-state index contributed by atoms with van der Waals surface area (Å²) in [7, 11) is 0. The van der Waals surface area contributed by atoms with Crippen molar-refractivity contribution in [1.29, 1.82) is 0 Å². The minimum Gasteiger partial charge on any atom is -0.431 e. The number of carbonyl (C=O) groups excluding carboxylic acids is 1. The van der Waals surface area contributed by atoms with E-state index in [1.807, 2.05) is 30.0 Å². The first kappa shape index (κ1) is 16.8. The van der Waals surface area contributed by atoms with Gasteiger partial charge in [-0.3, -0.25) is 4.79 Å². The molecule has 0 aliphatic carbocycles. The van der Waals surface area contributed by atoms with Crippen LogP contribution < -0.4 is 4.90 Å². The quantitative estimate of drug-likeness (QED) is 0.634. The predicted octanol–water partition coefficient (Wildman–Crippen LogP) is 4.55. The van der Waals surface area contributed by atoms with Crippen LogP contribution in [0.25, 0.3) is 11.3 Å². The largest absolute Gasteiger partial charge is 0.431 e. The van der Waals surface area contributed by atoms with Crippen LogP contribution in [0.4, 0.5) is 10.1 Å². The van der Waals surface area contributed by atoms with Gasteiger partial charge >= 0.3 is 0 Å². The van der Waals surface area contributed by atoms with E-state index in [0.717, 1.165) is 17.7 Å². The molecular weight excluding hydrogens is 351 g/mol. The number of carbonyl (C=O) groups is 1. The van der Waals surface area contributed by atoms with E-state index >= 15 is 0 Å². The van der Waals surface area contributed by atoms with Crippen LogP contribution in [0.15, 0.2) is 64.4 Å². The molecular formula is C20H17FN2O2S. The standard InChI is InChI=1S/C20H17FN2O2S/c1-13(19(24)23-11-10-14-4-2-3-5-17(14)23)26-20-22-12-18(25-20)15-6-8-16(21)9-7-15/h2-9,12-13H,10-11H2,1H3/t13-/m1/s1. The van der Waals surface area contributed by atoms with Crippen molar-refractivity contribution in [3.05, 3.63) is 66.1 Å². The van der Waals surface area contributed by atoms with Gasteiger partial charge in [-0.15, -0.1) is 0 Å². The van der Waals surface area contributed by atoms with Gasteiger partial charge < -0.3 is 9.32 Å². The van der Waals surface area contributed by atoms with Crippen LogP contribution in [0, 0.1) is 5.82 Å². The molecule has 26 heavy (non-hydrogen) atoms. The molecule has 0 N–H and O–H groups in total. The minimum atomic E-state index is -0.319. The van der Waals surface area contributed by atoms with Gasteiger partial charge in [-0.1, -0.05) is 30.0 Å². The fraction of sp³-hybridized carbons (Fsp3) is 0.200. The van der Waals surface area contributed by atoms with E-state index in [9.17, 15) is 9.18 Å².